The van der Waals surface area contributed by atoms with Gasteiger partial charge < -0.3 is 19.9 Å². The average molecular weight is 438 g/mol. The fraction of sp³-hybridized carbons (Fsp3) is 0.261. The lowest BCUT2D eigenvalue weighted by Crippen LogP contribution is -2.51. The predicted molar refractivity (Wildman–Crippen MR) is 122 cm³/mol. The van der Waals surface area contributed by atoms with Crippen LogP contribution < -0.4 is 30.7 Å². The molecule has 0 aliphatic carbocycles. The molecule has 0 spiro atoms. The van der Waals surface area contributed by atoms with Gasteiger partial charge in [-0.3, -0.25) is 14.4 Å². The molecule has 0 aromatic heterocycles. The first kappa shape index (κ1) is 19.6. The summed E-state index contributed by atoms with van der Waals surface area (Å²) in [6.07, 6.45) is 0. The number of nitrogens with one attached hydrogen (secondary N) is 1. The maximum Gasteiger partial charge on any atom is 0.262 e. The summed E-state index contributed by atoms with van der Waals surface area (Å²) in [7, 11) is 0. The SMILES string of the molecule is Cc1ccc(Cl)cc1N1CCN(c2c(-c3ccc4c(c3)OCC(=O)N4)c(=O)c2=O)CC1. The number of anilines is 3. The number of halogens is 1. The molecule has 158 valence electrons. The topological polar surface area (TPSA) is 79.0 Å². The summed E-state index contributed by atoms with van der Waals surface area (Å²) in [6.45, 7) is 4.67. The first-order valence-corrected chi connectivity index (χ1v) is 10.5. The van der Waals surface area contributed by atoms with Crippen molar-refractivity contribution in [3.05, 3.63) is 67.4 Å². The molecule has 0 radical (unpaired) electrons. The molecular weight excluding hydrogens is 418 g/mol. The Bertz CT molecular complexity index is 1270. The lowest BCUT2D eigenvalue weighted by molar-refractivity contribution is -0.118. The van der Waals surface area contributed by atoms with E-state index in [0.717, 1.165) is 24.3 Å². The van der Waals surface area contributed by atoms with Crippen LogP contribution in [-0.4, -0.2) is 38.7 Å². The zero-order chi connectivity index (χ0) is 21.7. The van der Waals surface area contributed by atoms with Crippen LogP contribution in [0, 0.1) is 6.92 Å². The van der Waals surface area contributed by atoms with Crippen LogP contribution in [0.2, 0.25) is 5.02 Å². The van der Waals surface area contributed by atoms with Crippen LogP contribution in [0.1, 0.15) is 5.56 Å². The standard InChI is InChI=1S/C23H20ClN3O4/c1-13-2-4-15(24)11-17(13)26-6-8-27(9-7-26)21-20(22(29)23(21)30)14-3-5-16-18(10-14)31-12-19(28)25-16/h2-5,10-11H,6-9,12H2,1H3,(H,25,28). The van der Waals surface area contributed by atoms with Gasteiger partial charge in [0.05, 0.1) is 11.3 Å². The summed E-state index contributed by atoms with van der Waals surface area (Å²) in [5, 5.41) is 3.42. The lowest BCUT2D eigenvalue weighted by atomic mass is 9.96. The summed E-state index contributed by atoms with van der Waals surface area (Å²) >= 11 is 6.17. The van der Waals surface area contributed by atoms with E-state index in [-0.39, 0.29) is 12.5 Å². The lowest BCUT2D eigenvalue weighted by Gasteiger charge is -2.38. The molecule has 31 heavy (non-hydrogen) atoms. The van der Waals surface area contributed by atoms with E-state index in [1.54, 1.807) is 18.2 Å². The third-order valence-corrected chi connectivity index (χ3v) is 6.13. The van der Waals surface area contributed by atoms with Gasteiger partial charge in [0.25, 0.3) is 5.91 Å². The number of ether oxygens (including phenoxy) is 1. The number of hydrogen-bond acceptors (Lipinski definition) is 6. The number of fused-ring (bicyclic) bond motifs is 1. The maximum atomic E-state index is 12.5. The fourth-order valence-corrected chi connectivity index (χ4v) is 4.44. The molecule has 0 atom stereocenters. The predicted octanol–water partition coefficient (Wildman–Crippen LogP) is 2.57. The van der Waals surface area contributed by atoms with E-state index in [9.17, 15) is 14.4 Å². The van der Waals surface area contributed by atoms with E-state index in [0.29, 0.717) is 46.4 Å². The number of benzene rings is 2. The van der Waals surface area contributed by atoms with E-state index in [1.165, 1.54) is 0 Å². The minimum Gasteiger partial charge on any atom is -0.482 e. The van der Waals surface area contributed by atoms with E-state index >= 15 is 0 Å². The Hall–Kier alpha value is -3.32. The Morgan fingerprint density at radius 3 is 2.45 bits per heavy atom. The number of hydrogen-bond donors (Lipinski definition) is 1. The van der Waals surface area contributed by atoms with Crippen LogP contribution in [-0.2, 0) is 4.79 Å². The minimum absolute atomic E-state index is 0.0693. The van der Waals surface area contributed by atoms with E-state index in [4.69, 9.17) is 16.3 Å². The zero-order valence-electron chi connectivity index (χ0n) is 16.9. The van der Waals surface area contributed by atoms with Crippen molar-refractivity contribution in [2.75, 3.05) is 47.9 Å². The summed E-state index contributed by atoms with van der Waals surface area (Å²) < 4.78 is 5.46. The number of carbonyl (C=O) groups excluding carboxylic acids is 1. The smallest absolute Gasteiger partial charge is 0.262 e. The number of amides is 1. The van der Waals surface area contributed by atoms with Crippen molar-refractivity contribution in [1.82, 2.24) is 0 Å². The highest BCUT2D eigenvalue weighted by atomic mass is 35.5. The van der Waals surface area contributed by atoms with Crippen molar-refractivity contribution in [1.29, 1.82) is 0 Å². The summed E-state index contributed by atoms with van der Waals surface area (Å²) in [5.41, 5.74) is 3.37. The van der Waals surface area contributed by atoms with Crippen LogP contribution >= 0.6 is 11.6 Å². The van der Waals surface area contributed by atoms with Gasteiger partial charge in [-0.25, -0.2) is 0 Å². The molecule has 0 bridgehead atoms. The Labute approximate surface area is 183 Å². The summed E-state index contributed by atoms with van der Waals surface area (Å²) in [6, 6.07) is 11.0. The Balaban J connectivity index is 1.39. The van der Waals surface area contributed by atoms with Crippen LogP contribution in [0.4, 0.5) is 17.1 Å². The van der Waals surface area contributed by atoms with Crippen LogP contribution in [0.5, 0.6) is 5.75 Å². The molecule has 1 N–H and O–H groups in total. The van der Waals surface area contributed by atoms with E-state index in [1.807, 2.05) is 30.0 Å². The van der Waals surface area contributed by atoms with Gasteiger partial charge >= 0.3 is 0 Å². The Morgan fingerprint density at radius 2 is 1.68 bits per heavy atom. The molecule has 1 amide bonds. The van der Waals surface area contributed by atoms with Gasteiger partial charge in [-0.05, 0) is 42.3 Å². The van der Waals surface area contributed by atoms with Gasteiger partial charge in [0.1, 0.15) is 11.4 Å². The molecule has 7 nitrogen and oxygen atoms in total. The third-order valence-electron chi connectivity index (χ3n) is 5.90. The minimum atomic E-state index is -0.483. The van der Waals surface area contributed by atoms with Crippen molar-refractivity contribution in [2.24, 2.45) is 0 Å². The van der Waals surface area contributed by atoms with Gasteiger partial charge in [0.2, 0.25) is 10.9 Å². The highest BCUT2D eigenvalue weighted by Gasteiger charge is 2.30. The highest BCUT2D eigenvalue weighted by molar-refractivity contribution is 6.30. The van der Waals surface area contributed by atoms with Crippen molar-refractivity contribution in [3.63, 3.8) is 0 Å². The number of carbonyl (C=O) groups is 1. The Morgan fingerprint density at radius 1 is 0.935 bits per heavy atom. The first-order valence-electron chi connectivity index (χ1n) is 10.1. The van der Waals surface area contributed by atoms with Gasteiger partial charge in [-0.15, -0.1) is 0 Å². The largest absolute Gasteiger partial charge is 0.482 e. The molecule has 2 aliphatic heterocycles. The second-order valence-corrected chi connectivity index (χ2v) is 8.27. The van der Waals surface area contributed by atoms with E-state index < -0.39 is 10.9 Å². The molecule has 1 fully saturated rings. The summed E-state index contributed by atoms with van der Waals surface area (Å²) in [4.78, 5) is 40.6. The fourth-order valence-electron chi connectivity index (χ4n) is 4.27. The van der Waals surface area contributed by atoms with Gasteiger partial charge in [0, 0.05) is 36.9 Å². The quantitative estimate of drug-likeness (QED) is 0.634. The summed E-state index contributed by atoms with van der Waals surface area (Å²) in [5.74, 6) is 0.278. The number of rotatable bonds is 3. The molecule has 3 aromatic carbocycles. The van der Waals surface area contributed by atoms with Crippen molar-refractivity contribution >= 4 is 34.6 Å². The molecule has 0 unspecified atom stereocenters. The van der Waals surface area contributed by atoms with Crippen molar-refractivity contribution in [2.45, 2.75) is 6.92 Å². The molecule has 5 rings (SSSR count). The average Bonchev–Trinajstić information content (AvgIpc) is 2.78. The number of nitrogens with zero attached hydrogens (tertiary/aromatic N) is 2. The third kappa shape index (κ3) is 3.35. The monoisotopic (exact) mass is 437 g/mol. The molecular formula is C23H20ClN3O4. The number of piperazine rings is 1. The van der Waals surface area contributed by atoms with Gasteiger partial charge in [-0.1, -0.05) is 23.7 Å². The molecule has 1 saturated heterocycles. The number of aryl methyl sites for hydroxylation is 1. The van der Waals surface area contributed by atoms with Crippen molar-refractivity contribution < 1.29 is 9.53 Å². The highest BCUT2D eigenvalue weighted by Crippen LogP contribution is 2.35. The molecule has 2 aliphatic rings. The van der Waals surface area contributed by atoms with Crippen LogP contribution in [0.15, 0.2) is 46.0 Å². The van der Waals surface area contributed by atoms with Gasteiger partial charge in [0.15, 0.2) is 6.61 Å². The normalized spacial score (nSPS) is 16.1. The zero-order valence-corrected chi connectivity index (χ0v) is 17.7. The molecule has 0 saturated carbocycles. The molecule has 2 heterocycles. The second kappa shape index (κ2) is 7.42. The maximum absolute atomic E-state index is 12.5. The van der Waals surface area contributed by atoms with Crippen molar-refractivity contribution in [3.8, 4) is 16.9 Å². The molecule has 3 aromatic rings. The van der Waals surface area contributed by atoms with Crippen LogP contribution in [0.25, 0.3) is 11.1 Å². The Kier molecular flexibility index (Phi) is 4.70. The second-order valence-electron chi connectivity index (χ2n) is 7.83. The van der Waals surface area contributed by atoms with Gasteiger partial charge in [-0.2, -0.15) is 0 Å². The van der Waals surface area contributed by atoms with E-state index in [2.05, 4.69) is 10.2 Å². The molecule has 8 heteroatoms. The first-order chi connectivity index (χ1) is 14.9. The van der Waals surface area contributed by atoms with Crippen LogP contribution in [0.3, 0.4) is 0 Å².